The molecule has 0 atom stereocenters. The number of methoxy groups -OCH3 is 1. The van der Waals surface area contributed by atoms with E-state index in [2.05, 4.69) is 27.3 Å². The van der Waals surface area contributed by atoms with Crippen molar-refractivity contribution in [3.63, 3.8) is 0 Å². The van der Waals surface area contributed by atoms with Gasteiger partial charge in [-0.05, 0) is 60.7 Å². The molecule has 2 heterocycles. The second-order valence-corrected chi connectivity index (χ2v) is 8.10. The number of rotatable bonds is 6. The first kappa shape index (κ1) is 20.8. The first-order valence-corrected chi connectivity index (χ1v) is 10.7. The summed E-state index contributed by atoms with van der Waals surface area (Å²) in [6, 6.07) is 19.2. The lowest BCUT2D eigenvalue weighted by molar-refractivity contribution is -0.115. The summed E-state index contributed by atoms with van der Waals surface area (Å²) >= 11 is 0. The van der Waals surface area contributed by atoms with E-state index in [1.54, 1.807) is 7.11 Å². The zero-order valence-electron chi connectivity index (χ0n) is 18.0. The number of carbonyl (C=O) groups is 1. The number of benzene rings is 2. The minimum Gasteiger partial charge on any atom is -0.497 e. The summed E-state index contributed by atoms with van der Waals surface area (Å²) in [6.07, 6.45) is 2.70. The Morgan fingerprint density at radius 3 is 2.52 bits per heavy atom. The molecule has 1 saturated heterocycles. The Bertz CT molecular complexity index is 1010. The molecule has 0 spiro atoms. The molecular formula is C25H28N4O2. The summed E-state index contributed by atoms with van der Waals surface area (Å²) < 4.78 is 5.16. The molecule has 1 amide bonds. The number of nitrogens with one attached hydrogen (secondary N) is 1. The lowest BCUT2D eigenvalue weighted by atomic mass is 9.99. The first-order valence-electron chi connectivity index (χ1n) is 10.7. The van der Waals surface area contributed by atoms with Crippen molar-refractivity contribution in [2.24, 2.45) is 5.92 Å². The Morgan fingerprint density at radius 2 is 1.84 bits per heavy atom. The molecule has 1 aliphatic heterocycles. The average molecular weight is 417 g/mol. The van der Waals surface area contributed by atoms with Crippen LogP contribution < -0.4 is 15.0 Å². The highest BCUT2D eigenvalue weighted by Gasteiger charge is 2.17. The third kappa shape index (κ3) is 5.40. The molecule has 3 aromatic rings. The highest BCUT2D eigenvalue weighted by molar-refractivity contribution is 5.92. The summed E-state index contributed by atoms with van der Waals surface area (Å²) in [5.41, 5.74) is 3.39. The van der Waals surface area contributed by atoms with Crippen LogP contribution in [0.5, 0.6) is 5.75 Å². The van der Waals surface area contributed by atoms with E-state index in [1.165, 1.54) is 12.8 Å². The van der Waals surface area contributed by atoms with E-state index in [1.807, 2.05) is 60.7 Å². The molecule has 0 radical (unpaired) electrons. The standard InChI is InChI=1S/C25H28N4O2/c1-18-12-14-29(15-13-18)24-11-10-23(27-28-24)20-4-3-5-21(17-20)26-25(30)16-19-6-8-22(31-2)9-7-19/h3-11,17-18H,12-16H2,1-2H3,(H,26,30). The zero-order chi connectivity index (χ0) is 21.6. The van der Waals surface area contributed by atoms with Crippen molar-refractivity contribution in [1.29, 1.82) is 0 Å². The molecule has 1 N–H and O–H groups in total. The molecule has 6 heteroatoms. The lowest BCUT2D eigenvalue weighted by Gasteiger charge is -2.30. The molecule has 0 bridgehead atoms. The number of piperidine rings is 1. The van der Waals surface area contributed by atoms with Gasteiger partial charge in [-0.15, -0.1) is 10.2 Å². The second kappa shape index (κ2) is 9.60. The van der Waals surface area contributed by atoms with E-state index < -0.39 is 0 Å². The normalized spacial score (nSPS) is 14.3. The van der Waals surface area contributed by atoms with Gasteiger partial charge in [0.05, 0.1) is 19.2 Å². The van der Waals surface area contributed by atoms with Gasteiger partial charge in [-0.1, -0.05) is 31.2 Å². The van der Waals surface area contributed by atoms with Crippen LogP contribution in [0.3, 0.4) is 0 Å². The number of anilines is 2. The maximum atomic E-state index is 12.5. The van der Waals surface area contributed by atoms with Crippen LogP contribution in [0.15, 0.2) is 60.7 Å². The van der Waals surface area contributed by atoms with Crippen molar-refractivity contribution in [2.75, 3.05) is 30.4 Å². The molecular weight excluding hydrogens is 388 g/mol. The molecule has 6 nitrogen and oxygen atoms in total. The van der Waals surface area contributed by atoms with Gasteiger partial charge in [0.1, 0.15) is 5.75 Å². The molecule has 2 aromatic carbocycles. The minimum absolute atomic E-state index is 0.0666. The van der Waals surface area contributed by atoms with Gasteiger partial charge in [-0.2, -0.15) is 0 Å². The van der Waals surface area contributed by atoms with Crippen LogP contribution in [-0.4, -0.2) is 36.3 Å². The van der Waals surface area contributed by atoms with E-state index >= 15 is 0 Å². The number of hydrogen-bond donors (Lipinski definition) is 1. The monoisotopic (exact) mass is 416 g/mol. The van der Waals surface area contributed by atoms with Crippen molar-refractivity contribution in [3.8, 4) is 17.0 Å². The highest BCUT2D eigenvalue weighted by atomic mass is 16.5. The SMILES string of the molecule is COc1ccc(CC(=O)Nc2cccc(-c3ccc(N4CCC(C)CC4)nn3)c2)cc1. The Morgan fingerprint density at radius 1 is 1.06 bits per heavy atom. The summed E-state index contributed by atoms with van der Waals surface area (Å²) in [5.74, 6) is 2.42. The largest absolute Gasteiger partial charge is 0.497 e. The molecule has 0 saturated carbocycles. The molecule has 1 aromatic heterocycles. The fourth-order valence-electron chi connectivity index (χ4n) is 3.78. The summed E-state index contributed by atoms with van der Waals surface area (Å²) in [7, 11) is 1.63. The van der Waals surface area contributed by atoms with Crippen LogP contribution >= 0.6 is 0 Å². The van der Waals surface area contributed by atoms with Crippen LogP contribution in [0.1, 0.15) is 25.3 Å². The molecule has 0 aliphatic carbocycles. The van der Waals surface area contributed by atoms with Gasteiger partial charge in [0, 0.05) is 24.3 Å². The summed E-state index contributed by atoms with van der Waals surface area (Å²) in [6.45, 7) is 4.37. The van der Waals surface area contributed by atoms with Crippen molar-refractivity contribution in [3.05, 3.63) is 66.2 Å². The van der Waals surface area contributed by atoms with Gasteiger partial charge in [0.15, 0.2) is 5.82 Å². The number of carbonyl (C=O) groups excluding carboxylic acids is 1. The maximum absolute atomic E-state index is 12.5. The predicted octanol–water partition coefficient (Wildman–Crippen LogP) is 4.57. The van der Waals surface area contributed by atoms with Crippen molar-refractivity contribution < 1.29 is 9.53 Å². The smallest absolute Gasteiger partial charge is 0.228 e. The van der Waals surface area contributed by atoms with Gasteiger partial charge in [-0.3, -0.25) is 4.79 Å². The Hall–Kier alpha value is -3.41. The Labute approximate surface area is 183 Å². The van der Waals surface area contributed by atoms with Gasteiger partial charge in [-0.25, -0.2) is 0 Å². The molecule has 31 heavy (non-hydrogen) atoms. The maximum Gasteiger partial charge on any atom is 0.228 e. The third-order valence-corrected chi connectivity index (χ3v) is 5.72. The van der Waals surface area contributed by atoms with E-state index in [-0.39, 0.29) is 5.91 Å². The van der Waals surface area contributed by atoms with Crippen LogP contribution in [0.4, 0.5) is 11.5 Å². The van der Waals surface area contributed by atoms with Crippen LogP contribution in [0.2, 0.25) is 0 Å². The van der Waals surface area contributed by atoms with E-state index in [0.717, 1.165) is 53.1 Å². The van der Waals surface area contributed by atoms with Crippen LogP contribution in [0.25, 0.3) is 11.3 Å². The molecule has 4 rings (SSSR count). The van der Waals surface area contributed by atoms with Crippen molar-refractivity contribution in [2.45, 2.75) is 26.2 Å². The number of amides is 1. The molecule has 1 aliphatic rings. The van der Waals surface area contributed by atoms with Crippen LogP contribution in [-0.2, 0) is 11.2 Å². The topological polar surface area (TPSA) is 67.3 Å². The third-order valence-electron chi connectivity index (χ3n) is 5.72. The number of ether oxygens (including phenoxy) is 1. The number of nitrogens with zero attached hydrogens (tertiary/aromatic N) is 3. The van der Waals surface area contributed by atoms with Gasteiger partial charge < -0.3 is 15.0 Å². The number of hydrogen-bond acceptors (Lipinski definition) is 5. The second-order valence-electron chi connectivity index (χ2n) is 8.10. The minimum atomic E-state index is -0.0666. The van der Waals surface area contributed by atoms with Gasteiger partial charge >= 0.3 is 0 Å². The van der Waals surface area contributed by atoms with Gasteiger partial charge in [0.2, 0.25) is 5.91 Å². The zero-order valence-corrected chi connectivity index (χ0v) is 18.0. The van der Waals surface area contributed by atoms with E-state index in [4.69, 9.17) is 4.74 Å². The summed E-state index contributed by atoms with van der Waals surface area (Å²) in [4.78, 5) is 14.7. The highest BCUT2D eigenvalue weighted by Crippen LogP contribution is 2.24. The summed E-state index contributed by atoms with van der Waals surface area (Å²) in [5, 5.41) is 11.8. The van der Waals surface area contributed by atoms with Crippen molar-refractivity contribution >= 4 is 17.4 Å². The fraction of sp³-hybridized carbons (Fsp3) is 0.320. The Kier molecular flexibility index (Phi) is 6.46. The van der Waals surface area contributed by atoms with Gasteiger partial charge in [0.25, 0.3) is 0 Å². The van der Waals surface area contributed by atoms with Crippen LogP contribution in [0, 0.1) is 5.92 Å². The first-order chi connectivity index (χ1) is 15.1. The molecule has 1 fully saturated rings. The van der Waals surface area contributed by atoms with E-state index in [0.29, 0.717) is 6.42 Å². The van der Waals surface area contributed by atoms with E-state index in [9.17, 15) is 4.79 Å². The molecule has 0 unspecified atom stereocenters. The number of aromatic nitrogens is 2. The quantitative estimate of drug-likeness (QED) is 0.638. The fourth-order valence-corrected chi connectivity index (χ4v) is 3.78. The lowest BCUT2D eigenvalue weighted by Crippen LogP contribution is -2.33. The Balaban J connectivity index is 1.40. The average Bonchev–Trinajstić information content (AvgIpc) is 2.80. The molecule has 160 valence electrons. The van der Waals surface area contributed by atoms with Crippen molar-refractivity contribution in [1.82, 2.24) is 10.2 Å². The predicted molar refractivity (Wildman–Crippen MR) is 123 cm³/mol.